The maximum Gasteiger partial charge on any atom is 0.260 e. The number of amides is 1. The molecule has 39 heavy (non-hydrogen) atoms. The fourth-order valence-corrected chi connectivity index (χ4v) is 7.35. The number of thiazole rings is 1. The minimum absolute atomic E-state index is 0. The molecular weight excluding hydrogens is 570 g/mol. The number of ether oxygens (including phenoxy) is 1. The van der Waals surface area contributed by atoms with Gasteiger partial charge in [0.2, 0.25) is 10.0 Å². The van der Waals surface area contributed by atoms with Gasteiger partial charge in [0.05, 0.1) is 22.8 Å². The molecule has 0 unspecified atom stereocenters. The minimum Gasteiger partial charge on any atom is -0.379 e. The predicted octanol–water partition coefficient (Wildman–Crippen LogP) is 4.54. The average molecular weight is 601 g/mol. The normalized spacial score (nSPS) is 17.2. The van der Waals surface area contributed by atoms with Gasteiger partial charge in [0.1, 0.15) is 11.3 Å². The Bertz CT molecular complexity index is 1390. The summed E-state index contributed by atoms with van der Waals surface area (Å²) >= 11 is 1.05. The van der Waals surface area contributed by atoms with Crippen molar-refractivity contribution in [3.8, 4) is 0 Å². The van der Waals surface area contributed by atoms with E-state index in [2.05, 4.69) is 9.88 Å². The van der Waals surface area contributed by atoms with Crippen molar-refractivity contribution in [2.24, 2.45) is 0 Å². The Morgan fingerprint density at radius 2 is 1.72 bits per heavy atom. The molecule has 212 valence electrons. The number of hydrogen-bond acceptors (Lipinski definition) is 7. The van der Waals surface area contributed by atoms with Crippen LogP contribution in [-0.2, 0) is 14.8 Å². The number of piperidine rings is 1. The second-order valence-corrected chi connectivity index (χ2v) is 12.4. The lowest BCUT2D eigenvalue weighted by Gasteiger charge is -2.28. The van der Waals surface area contributed by atoms with Crippen molar-refractivity contribution in [1.29, 1.82) is 0 Å². The molecule has 0 saturated carbocycles. The fourth-order valence-electron chi connectivity index (χ4n) is 4.80. The second kappa shape index (κ2) is 13.0. The first-order valence-electron chi connectivity index (χ1n) is 12.8. The highest BCUT2D eigenvalue weighted by atomic mass is 35.5. The third-order valence-corrected chi connectivity index (χ3v) is 9.83. The zero-order valence-electron chi connectivity index (χ0n) is 21.4. The third kappa shape index (κ3) is 6.75. The van der Waals surface area contributed by atoms with Crippen LogP contribution in [0.2, 0.25) is 0 Å². The van der Waals surface area contributed by atoms with Crippen molar-refractivity contribution in [1.82, 2.24) is 14.2 Å². The standard InChI is InChI=1S/C26H30F2N4O4S2.ClH/c27-20-17-22(28)24-23(18-20)37-26(29-24)32(12-4-9-30-13-15-36-16-14-30)25(33)19-5-7-21(8-6-19)38(34,35)31-10-2-1-3-11-31;/h5-8,17-18H,1-4,9-16H2;1H. The van der Waals surface area contributed by atoms with E-state index in [1.165, 1.54) is 39.5 Å². The van der Waals surface area contributed by atoms with Crippen molar-refractivity contribution in [2.75, 3.05) is 57.4 Å². The number of rotatable bonds is 8. The predicted molar refractivity (Wildman–Crippen MR) is 149 cm³/mol. The van der Waals surface area contributed by atoms with Crippen molar-refractivity contribution < 1.29 is 26.7 Å². The molecule has 5 rings (SSSR count). The van der Waals surface area contributed by atoms with E-state index >= 15 is 0 Å². The number of benzene rings is 2. The molecule has 0 atom stereocenters. The van der Waals surface area contributed by atoms with Crippen LogP contribution >= 0.6 is 23.7 Å². The van der Waals surface area contributed by atoms with Crippen LogP contribution in [0.15, 0.2) is 41.3 Å². The van der Waals surface area contributed by atoms with E-state index in [0.29, 0.717) is 49.5 Å². The number of fused-ring (bicyclic) bond motifs is 1. The number of hydrogen-bond donors (Lipinski definition) is 0. The van der Waals surface area contributed by atoms with E-state index in [0.717, 1.165) is 56.3 Å². The van der Waals surface area contributed by atoms with Crippen LogP contribution < -0.4 is 4.90 Å². The van der Waals surface area contributed by atoms with Gasteiger partial charge in [-0.3, -0.25) is 14.6 Å². The van der Waals surface area contributed by atoms with Crippen LogP contribution in [0, 0.1) is 11.6 Å². The first-order valence-corrected chi connectivity index (χ1v) is 15.1. The highest BCUT2D eigenvalue weighted by Crippen LogP contribution is 2.32. The summed E-state index contributed by atoms with van der Waals surface area (Å²) in [6.07, 6.45) is 3.33. The molecule has 0 aliphatic carbocycles. The molecule has 2 aliphatic rings. The highest BCUT2D eigenvalue weighted by molar-refractivity contribution is 7.89. The largest absolute Gasteiger partial charge is 0.379 e. The molecule has 3 heterocycles. The lowest BCUT2D eigenvalue weighted by molar-refractivity contribution is 0.0376. The lowest BCUT2D eigenvalue weighted by Crippen LogP contribution is -2.39. The second-order valence-electron chi connectivity index (χ2n) is 9.48. The number of sulfonamides is 1. The number of aromatic nitrogens is 1. The highest BCUT2D eigenvalue weighted by Gasteiger charge is 2.27. The first-order chi connectivity index (χ1) is 18.3. The van der Waals surface area contributed by atoms with Crippen LogP contribution in [0.5, 0.6) is 0 Å². The summed E-state index contributed by atoms with van der Waals surface area (Å²) in [5.41, 5.74) is 0.306. The van der Waals surface area contributed by atoms with Gasteiger partial charge in [-0.15, -0.1) is 12.4 Å². The van der Waals surface area contributed by atoms with Crippen LogP contribution in [-0.4, -0.2) is 81.0 Å². The summed E-state index contributed by atoms with van der Waals surface area (Å²) in [5, 5.41) is 0.265. The number of carbonyl (C=O) groups excluding carboxylic acids is 1. The number of carbonyl (C=O) groups is 1. The molecule has 1 amide bonds. The topological polar surface area (TPSA) is 83.1 Å². The summed E-state index contributed by atoms with van der Waals surface area (Å²) in [7, 11) is -3.62. The Morgan fingerprint density at radius 3 is 2.41 bits per heavy atom. The molecule has 0 bridgehead atoms. The monoisotopic (exact) mass is 600 g/mol. The number of anilines is 1. The van der Waals surface area contributed by atoms with Gasteiger partial charge >= 0.3 is 0 Å². The van der Waals surface area contributed by atoms with Gasteiger partial charge in [0, 0.05) is 50.9 Å². The Labute approximate surface area is 237 Å². The van der Waals surface area contributed by atoms with E-state index in [9.17, 15) is 22.0 Å². The Hall–Kier alpha value is -2.22. The zero-order chi connectivity index (χ0) is 26.7. The maximum atomic E-state index is 14.4. The molecule has 2 fully saturated rings. The van der Waals surface area contributed by atoms with Gasteiger partial charge in [-0.05, 0) is 49.6 Å². The van der Waals surface area contributed by atoms with Gasteiger partial charge in [-0.25, -0.2) is 22.2 Å². The lowest BCUT2D eigenvalue weighted by atomic mass is 10.2. The summed E-state index contributed by atoms with van der Waals surface area (Å²) in [5.74, 6) is -1.87. The fraction of sp³-hybridized carbons (Fsp3) is 0.462. The van der Waals surface area contributed by atoms with E-state index in [-0.39, 0.29) is 33.9 Å². The molecule has 2 saturated heterocycles. The molecule has 13 heteroatoms. The molecule has 2 aromatic carbocycles. The van der Waals surface area contributed by atoms with Crippen LogP contribution in [0.1, 0.15) is 36.0 Å². The summed E-state index contributed by atoms with van der Waals surface area (Å²) in [4.78, 5) is 21.8. The summed E-state index contributed by atoms with van der Waals surface area (Å²) in [6, 6.07) is 7.89. The van der Waals surface area contributed by atoms with Crippen molar-refractivity contribution >= 4 is 55.0 Å². The molecule has 0 spiro atoms. The van der Waals surface area contributed by atoms with E-state index in [4.69, 9.17) is 4.74 Å². The SMILES string of the molecule is Cl.O=C(c1ccc(S(=O)(=O)N2CCCCC2)cc1)N(CCCN1CCOCC1)c1nc2c(F)cc(F)cc2s1. The van der Waals surface area contributed by atoms with Crippen molar-refractivity contribution in [2.45, 2.75) is 30.6 Å². The van der Waals surface area contributed by atoms with Crippen LogP contribution in [0.25, 0.3) is 10.2 Å². The smallest absolute Gasteiger partial charge is 0.260 e. The van der Waals surface area contributed by atoms with Crippen molar-refractivity contribution in [3.05, 3.63) is 53.6 Å². The molecule has 3 aromatic rings. The maximum absolute atomic E-state index is 14.4. The summed E-state index contributed by atoms with van der Waals surface area (Å²) in [6.45, 7) is 5.00. The number of nitrogens with zero attached hydrogens (tertiary/aromatic N) is 4. The summed E-state index contributed by atoms with van der Waals surface area (Å²) < 4.78 is 61.4. The Balaban J connectivity index is 0.00000353. The third-order valence-electron chi connectivity index (χ3n) is 6.89. The van der Waals surface area contributed by atoms with E-state index in [1.54, 1.807) is 0 Å². The van der Waals surface area contributed by atoms with Gasteiger partial charge in [-0.1, -0.05) is 17.8 Å². The molecule has 0 N–H and O–H groups in total. The van der Waals surface area contributed by atoms with Gasteiger partial charge in [0.15, 0.2) is 10.9 Å². The molecule has 1 aromatic heterocycles. The van der Waals surface area contributed by atoms with E-state index in [1.807, 2.05) is 0 Å². The molecular formula is C26H31ClF2N4O4S2. The Kier molecular flexibility index (Phi) is 9.89. The molecule has 0 radical (unpaired) electrons. The van der Waals surface area contributed by atoms with Crippen LogP contribution in [0.3, 0.4) is 0 Å². The Morgan fingerprint density at radius 1 is 1.03 bits per heavy atom. The minimum atomic E-state index is -3.62. The number of morpholine rings is 1. The number of halogens is 3. The first kappa shape index (κ1) is 29.8. The average Bonchev–Trinajstić information content (AvgIpc) is 3.36. The molecule has 8 nitrogen and oxygen atoms in total. The zero-order valence-corrected chi connectivity index (χ0v) is 23.8. The van der Waals surface area contributed by atoms with Crippen LogP contribution in [0.4, 0.5) is 13.9 Å². The van der Waals surface area contributed by atoms with Gasteiger partial charge in [0.25, 0.3) is 5.91 Å². The van der Waals surface area contributed by atoms with Crippen molar-refractivity contribution in [3.63, 3.8) is 0 Å². The van der Waals surface area contributed by atoms with Gasteiger partial charge in [-0.2, -0.15) is 4.31 Å². The van der Waals surface area contributed by atoms with Gasteiger partial charge < -0.3 is 4.74 Å². The quantitative estimate of drug-likeness (QED) is 0.378. The van der Waals surface area contributed by atoms with E-state index < -0.39 is 21.7 Å². The molecule has 2 aliphatic heterocycles.